The number of rotatable bonds is 1. The molecule has 0 bridgehead atoms. The van der Waals surface area contributed by atoms with E-state index in [2.05, 4.69) is 15.9 Å². The zero-order chi connectivity index (χ0) is 12.6. The maximum absolute atomic E-state index is 12.4. The van der Waals surface area contributed by atoms with E-state index in [9.17, 15) is 26.3 Å². The molecule has 0 atom stereocenters. The molecule has 0 nitrogen and oxygen atoms in total. The van der Waals surface area contributed by atoms with Crippen LogP contribution in [0.25, 0.3) is 0 Å². The van der Waals surface area contributed by atoms with Gasteiger partial charge in [-0.3, -0.25) is 0 Å². The van der Waals surface area contributed by atoms with Gasteiger partial charge in [0.15, 0.2) is 0 Å². The minimum Gasteiger partial charge on any atom is -0.166 e. The van der Waals surface area contributed by atoms with Gasteiger partial charge in [-0.25, -0.2) is 0 Å². The highest BCUT2D eigenvalue weighted by Gasteiger charge is 2.38. The molecule has 0 N–H and O–H groups in total. The largest absolute Gasteiger partial charge is 0.446 e. The summed E-state index contributed by atoms with van der Waals surface area (Å²) in [5.74, 6) is 0. The molecule has 0 aliphatic carbocycles. The standard InChI is InChI=1S/C8H3BrF6S/c9-4-1-2-6(16-8(13,14)15)5(3-4)7(10,11)12/h1-3H. The van der Waals surface area contributed by atoms with Crippen molar-refractivity contribution in [3.05, 3.63) is 28.2 Å². The number of thioether (sulfide) groups is 1. The van der Waals surface area contributed by atoms with Crippen molar-refractivity contribution in [2.75, 3.05) is 0 Å². The Morgan fingerprint density at radius 1 is 1.00 bits per heavy atom. The zero-order valence-electron chi connectivity index (χ0n) is 7.29. The highest BCUT2D eigenvalue weighted by molar-refractivity contribution is 9.10. The van der Waals surface area contributed by atoms with Crippen molar-refractivity contribution in [2.24, 2.45) is 0 Å². The van der Waals surface area contributed by atoms with Crippen molar-refractivity contribution in [3.8, 4) is 0 Å². The fourth-order valence-electron chi connectivity index (χ4n) is 0.937. The van der Waals surface area contributed by atoms with Crippen LogP contribution in [-0.2, 0) is 6.18 Å². The second-order valence-electron chi connectivity index (χ2n) is 2.69. The van der Waals surface area contributed by atoms with Crippen LogP contribution in [0.3, 0.4) is 0 Å². The molecule has 0 radical (unpaired) electrons. The number of hydrogen-bond donors (Lipinski definition) is 0. The van der Waals surface area contributed by atoms with E-state index in [0.29, 0.717) is 6.07 Å². The minimum absolute atomic E-state index is 0.0753. The Balaban J connectivity index is 3.19. The van der Waals surface area contributed by atoms with Crippen LogP contribution in [-0.4, -0.2) is 5.51 Å². The molecule has 1 rings (SSSR count). The number of alkyl halides is 6. The Hall–Kier alpha value is -0.370. The highest BCUT2D eigenvalue weighted by atomic mass is 79.9. The fraction of sp³-hybridized carbons (Fsp3) is 0.250. The molecule has 8 heteroatoms. The first-order chi connectivity index (χ1) is 7.09. The average molecular weight is 325 g/mol. The van der Waals surface area contributed by atoms with Gasteiger partial charge >= 0.3 is 11.7 Å². The summed E-state index contributed by atoms with van der Waals surface area (Å²) in [6, 6.07) is 2.53. The summed E-state index contributed by atoms with van der Waals surface area (Å²) < 4.78 is 73.3. The number of hydrogen-bond acceptors (Lipinski definition) is 1. The number of halogens is 7. The molecule has 0 aliphatic heterocycles. The SMILES string of the molecule is FC(F)(F)Sc1ccc(Br)cc1C(F)(F)F. The van der Waals surface area contributed by atoms with Gasteiger partial charge in [-0.15, -0.1) is 0 Å². The van der Waals surface area contributed by atoms with Gasteiger partial charge in [0.1, 0.15) is 0 Å². The van der Waals surface area contributed by atoms with E-state index in [-0.39, 0.29) is 4.47 Å². The molecule has 0 fully saturated rings. The summed E-state index contributed by atoms with van der Waals surface area (Å²) in [6.45, 7) is 0. The van der Waals surface area contributed by atoms with Crippen molar-refractivity contribution in [3.63, 3.8) is 0 Å². The Morgan fingerprint density at radius 2 is 1.56 bits per heavy atom. The third kappa shape index (κ3) is 3.89. The molecule has 16 heavy (non-hydrogen) atoms. The summed E-state index contributed by atoms with van der Waals surface area (Å²) in [4.78, 5) is -0.858. The molecule has 0 saturated heterocycles. The molecule has 0 aromatic heterocycles. The van der Waals surface area contributed by atoms with E-state index in [0.717, 1.165) is 12.1 Å². The quantitative estimate of drug-likeness (QED) is 0.512. The molecular formula is C8H3BrF6S. The third-order valence-electron chi connectivity index (χ3n) is 1.47. The third-order valence-corrected chi connectivity index (χ3v) is 2.77. The molecule has 0 aliphatic rings. The van der Waals surface area contributed by atoms with E-state index < -0.39 is 33.9 Å². The van der Waals surface area contributed by atoms with Crippen LogP contribution >= 0.6 is 27.7 Å². The van der Waals surface area contributed by atoms with Gasteiger partial charge in [-0.05, 0) is 30.0 Å². The first-order valence-corrected chi connectivity index (χ1v) is 5.33. The lowest BCUT2D eigenvalue weighted by Crippen LogP contribution is -2.09. The monoisotopic (exact) mass is 324 g/mol. The van der Waals surface area contributed by atoms with Crippen molar-refractivity contribution >= 4 is 27.7 Å². The summed E-state index contributed by atoms with van der Waals surface area (Å²) in [7, 11) is 0. The van der Waals surface area contributed by atoms with Gasteiger partial charge in [-0.1, -0.05) is 15.9 Å². The molecule has 1 aromatic carbocycles. The van der Waals surface area contributed by atoms with E-state index in [1.807, 2.05) is 0 Å². The molecule has 0 amide bonds. The Bertz CT molecular complexity index is 383. The lowest BCUT2D eigenvalue weighted by Gasteiger charge is -2.13. The van der Waals surface area contributed by atoms with Crippen LogP contribution in [0.5, 0.6) is 0 Å². The Morgan fingerprint density at radius 3 is 2.00 bits per heavy atom. The average Bonchev–Trinajstić information content (AvgIpc) is 2.04. The number of benzene rings is 1. The molecule has 90 valence electrons. The van der Waals surface area contributed by atoms with Gasteiger partial charge in [0.05, 0.1) is 5.56 Å². The van der Waals surface area contributed by atoms with Crippen molar-refractivity contribution < 1.29 is 26.3 Å². The van der Waals surface area contributed by atoms with Crippen LogP contribution < -0.4 is 0 Å². The van der Waals surface area contributed by atoms with Crippen LogP contribution in [0.2, 0.25) is 0 Å². The van der Waals surface area contributed by atoms with Crippen LogP contribution in [0.4, 0.5) is 26.3 Å². The summed E-state index contributed by atoms with van der Waals surface area (Å²) >= 11 is 2.00. The molecule has 1 aromatic rings. The van der Waals surface area contributed by atoms with E-state index in [1.165, 1.54) is 0 Å². The Kier molecular flexibility index (Phi) is 3.83. The van der Waals surface area contributed by atoms with Crippen molar-refractivity contribution in [2.45, 2.75) is 16.6 Å². The Labute approximate surface area is 99.1 Å². The van der Waals surface area contributed by atoms with Gasteiger partial charge in [-0.2, -0.15) is 26.3 Å². The molecule has 0 saturated carbocycles. The smallest absolute Gasteiger partial charge is 0.166 e. The summed E-state index contributed by atoms with van der Waals surface area (Å²) in [5.41, 5.74) is -6.04. The van der Waals surface area contributed by atoms with Crippen molar-refractivity contribution in [1.29, 1.82) is 0 Å². The predicted octanol–water partition coefficient (Wildman–Crippen LogP) is 5.08. The van der Waals surface area contributed by atoms with Crippen LogP contribution in [0.1, 0.15) is 5.56 Å². The van der Waals surface area contributed by atoms with Crippen LogP contribution in [0.15, 0.2) is 27.6 Å². The second kappa shape index (κ2) is 4.48. The molecular weight excluding hydrogens is 322 g/mol. The van der Waals surface area contributed by atoms with Gasteiger partial charge < -0.3 is 0 Å². The lowest BCUT2D eigenvalue weighted by molar-refractivity contribution is -0.139. The first-order valence-electron chi connectivity index (χ1n) is 3.72. The van der Waals surface area contributed by atoms with E-state index >= 15 is 0 Å². The second-order valence-corrected chi connectivity index (χ2v) is 4.71. The summed E-state index contributed by atoms with van der Waals surface area (Å²) in [6.07, 6.45) is -4.81. The first kappa shape index (κ1) is 13.7. The van der Waals surface area contributed by atoms with E-state index in [1.54, 1.807) is 0 Å². The predicted molar refractivity (Wildman–Crippen MR) is 51.1 cm³/mol. The van der Waals surface area contributed by atoms with Gasteiger partial charge in [0.2, 0.25) is 0 Å². The topological polar surface area (TPSA) is 0 Å². The normalized spacial score (nSPS) is 12.9. The summed E-state index contributed by atoms with van der Waals surface area (Å²) in [5, 5.41) is 0. The lowest BCUT2D eigenvalue weighted by atomic mass is 10.2. The molecule has 0 spiro atoms. The maximum Gasteiger partial charge on any atom is 0.446 e. The highest BCUT2D eigenvalue weighted by Crippen LogP contribution is 2.44. The maximum atomic E-state index is 12.4. The zero-order valence-corrected chi connectivity index (χ0v) is 9.69. The molecule has 0 heterocycles. The van der Waals surface area contributed by atoms with Gasteiger partial charge in [0.25, 0.3) is 0 Å². The van der Waals surface area contributed by atoms with Gasteiger partial charge in [0, 0.05) is 9.37 Å². The van der Waals surface area contributed by atoms with E-state index in [4.69, 9.17) is 0 Å². The van der Waals surface area contributed by atoms with Crippen LogP contribution in [0, 0.1) is 0 Å². The minimum atomic E-state index is -4.81. The molecule has 0 unspecified atom stereocenters. The van der Waals surface area contributed by atoms with Crippen molar-refractivity contribution in [1.82, 2.24) is 0 Å². The fourth-order valence-corrected chi connectivity index (χ4v) is 1.97.